The number of nitrogens with one attached hydrogen (secondary N) is 1. The Labute approximate surface area is 92.7 Å². The lowest BCUT2D eigenvalue weighted by atomic mass is 10.2. The molecule has 16 heavy (non-hydrogen) atoms. The van der Waals surface area contributed by atoms with Gasteiger partial charge in [-0.25, -0.2) is 4.79 Å². The third kappa shape index (κ3) is 2.83. The smallest absolute Gasteiger partial charge is 0.328 e. The Morgan fingerprint density at radius 2 is 2.31 bits per heavy atom. The zero-order valence-corrected chi connectivity index (χ0v) is 9.15. The number of amides is 1. The molecule has 1 rings (SSSR count). The van der Waals surface area contributed by atoms with Crippen LogP contribution in [-0.2, 0) is 16.1 Å². The number of carbonyl (C=O) groups excluding carboxylic acids is 2. The summed E-state index contributed by atoms with van der Waals surface area (Å²) in [4.78, 5) is 22.6. The Kier molecular flexibility index (Phi) is 4.07. The first kappa shape index (κ1) is 12.3. The second kappa shape index (κ2) is 5.32. The lowest BCUT2D eigenvalue weighted by Crippen LogP contribution is -2.38. The zero-order chi connectivity index (χ0) is 12.1. The number of hydrogen-bond acceptors (Lipinski definition) is 5. The molecule has 88 valence electrons. The summed E-state index contributed by atoms with van der Waals surface area (Å²) in [6.45, 7) is 1.76. The second-order valence-electron chi connectivity index (χ2n) is 3.22. The largest absolute Gasteiger partial charge is 0.467 e. The van der Waals surface area contributed by atoms with Gasteiger partial charge in [-0.3, -0.25) is 4.79 Å². The SMILES string of the molecule is COC(=O)[C@@H](C)NC(=O)c1coc(CN)c1. The molecule has 0 spiro atoms. The highest BCUT2D eigenvalue weighted by molar-refractivity contribution is 5.96. The minimum absolute atomic E-state index is 0.222. The van der Waals surface area contributed by atoms with Crippen LogP contribution in [0.5, 0.6) is 0 Å². The lowest BCUT2D eigenvalue weighted by molar-refractivity contribution is -0.142. The van der Waals surface area contributed by atoms with E-state index in [-0.39, 0.29) is 6.54 Å². The number of furan rings is 1. The summed E-state index contributed by atoms with van der Waals surface area (Å²) in [5, 5.41) is 2.47. The van der Waals surface area contributed by atoms with Crippen molar-refractivity contribution in [1.82, 2.24) is 5.32 Å². The van der Waals surface area contributed by atoms with Crippen LogP contribution in [0.4, 0.5) is 0 Å². The molecular formula is C10H14N2O4. The number of methoxy groups -OCH3 is 1. The van der Waals surface area contributed by atoms with E-state index >= 15 is 0 Å². The number of hydrogen-bond donors (Lipinski definition) is 2. The van der Waals surface area contributed by atoms with Gasteiger partial charge in [-0.15, -0.1) is 0 Å². The molecule has 0 saturated heterocycles. The van der Waals surface area contributed by atoms with Crippen molar-refractivity contribution in [1.29, 1.82) is 0 Å². The van der Waals surface area contributed by atoms with Crippen LogP contribution in [-0.4, -0.2) is 25.0 Å². The van der Waals surface area contributed by atoms with Crippen molar-refractivity contribution >= 4 is 11.9 Å². The first-order valence-electron chi connectivity index (χ1n) is 4.74. The van der Waals surface area contributed by atoms with Gasteiger partial charge in [-0.05, 0) is 13.0 Å². The van der Waals surface area contributed by atoms with Gasteiger partial charge in [0.1, 0.15) is 18.1 Å². The normalized spacial score (nSPS) is 11.9. The van der Waals surface area contributed by atoms with Crippen molar-refractivity contribution in [2.24, 2.45) is 5.73 Å². The summed E-state index contributed by atoms with van der Waals surface area (Å²) in [5.74, 6) is -0.395. The highest BCUT2D eigenvalue weighted by atomic mass is 16.5. The maximum atomic E-state index is 11.6. The highest BCUT2D eigenvalue weighted by Crippen LogP contribution is 2.07. The minimum Gasteiger partial charge on any atom is -0.467 e. The molecule has 6 nitrogen and oxygen atoms in total. The Morgan fingerprint density at radius 3 is 2.81 bits per heavy atom. The van der Waals surface area contributed by atoms with Crippen molar-refractivity contribution in [3.63, 3.8) is 0 Å². The third-order valence-electron chi connectivity index (χ3n) is 2.02. The molecule has 0 fully saturated rings. The first-order valence-corrected chi connectivity index (χ1v) is 4.74. The van der Waals surface area contributed by atoms with Gasteiger partial charge in [0.25, 0.3) is 5.91 Å². The molecule has 6 heteroatoms. The van der Waals surface area contributed by atoms with Crippen LogP contribution in [0.15, 0.2) is 16.7 Å². The number of ether oxygens (including phenoxy) is 1. The van der Waals surface area contributed by atoms with Crippen molar-refractivity contribution < 1.29 is 18.7 Å². The molecule has 0 unspecified atom stereocenters. The predicted molar refractivity (Wildman–Crippen MR) is 55.5 cm³/mol. The summed E-state index contributed by atoms with van der Waals surface area (Å²) >= 11 is 0. The van der Waals surface area contributed by atoms with E-state index in [1.54, 1.807) is 0 Å². The fourth-order valence-corrected chi connectivity index (χ4v) is 1.12. The van der Waals surface area contributed by atoms with Gasteiger partial charge in [0.2, 0.25) is 0 Å². The molecule has 1 aromatic heterocycles. The minimum atomic E-state index is -0.700. The van der Waals surface area contributed by atoms with Crippen LogP contribution in [0.1, 0.15) is 23.0 Å². The molecule has 1 heterocycles. The number of rotatable bonds is 4. The van der Waals surface area contributed by atoms with Gasteiger partial charge in [-0.1, -0.05) is 0 Å². The molecule has 3 N–H and O–H groups in total. The zero-order valence-electron chi connectivity index (χ0n) is 9.15. The molecular weight excluding hydrogens is 212 g/mol. The Bertz CT molecular complexity index is 386. The van der Waals surface area contributed by atoms with E-state index in [9.17, 15) is 9.59 Å². The van der Waals surface area contributed by atoms with Crippen molar-refractivity contribution in [2.75, 3.05) is 7.11 Å². The second-order valence-corrected chi connectivity index (χ2v) is 3.22. The fraction of sp³-hybridized carbons (Fsp3) is 0.400. The van der Waals surface area contributed by atoms with Gasteiger partial charge >= 0.3 is 5.97 Å². The van der Waals surface area contributed by atoms with E-state index in [0.29, 0.717) is 11.3 Å². The van der Waals surface area contributed by atoms with E-state index in [1.165, 1.54) is 26.4 Å². The fourth-order valence-electron chi connectivity index (χ4n) is 1.12. The van der Waals surface area contributed by atoms with Crippen LogP contribution in [0, 0.1) is 0 Å². The van der Waals surface area contributed by atoms with Crippen molar-refractivity contribution in [3.05, 3.63) is 23.7 Å². The van der Waals surface area contributed by atoms with Gasteiger partial charge in [0.05, 0.1) is 19.2 Å². The predicted octanol–water partition coefficient (Wildman–Crippen LogP) is 0.0296. The molecule has 0 saturated carbocycles. The molecule has 1 aromatic rings. The van der Waals surface area contributed by atoms with E-state index in [1.807, 2.05) is 0 Å². The molecule has 1 atom stereocenters. The maximum Gasteiger partial charge on any atom is 0.328 e. The van der Waals surface area contributed by atoms with Gasteiger partial charge in [0, 0.05) is 0 Å². The van der Waals surface area contributed by atoms with E-state index in [2.05, 4.69) is 10.1 Å². The highest BCUT2D eigenvalue weighted by Gasteiger charge is 2.17. The Morgan fingerprint density at radius 1 is 1.62 bits per heavy atom. The number of nitrogens with two attached hydrogens (primary N) is 1. The summed E-state index contributed by atoms with van der Waals surface area (Å²) in [7, 11) is 1.26. The van der Waals surface area contributed by atoms with E-state index < -0.39 is 17.9 Å². The molecule has 0 radical (unpaired) electrons. The Balaban J connectivity index is 2.61. The summed E-state index contributed by atoms with van der Waals surface area (Å²) in [6.07, 6.45) is 1.29. The van der Waals surface area contributed by atoms with Gasteiger partial charge in [-0.2, -0.15) is 0 Å². The lowest BCUT2D eigenvalue weighted by Gasteiger charge is -2.09. The van der Waals surface area contributed by atoms with Gasteiger partial charge < -0.3 is 20.2 Å². The van der Waals surface area contributed by atoms with Crippen LogP contribution >= 0.6 is 0 Å². The third-order valence-corrected chi connectivity index (χ3v) is 2.02. The molecule has 0 aromatic carbocycles. The summed E-state index contributed by atoms with van der Waals surface area (Å²) in [6, 6.07) is 0.827. The monoisotopic (exact) mass is 226 g/mol. The van der Waals surface area contributed by atoms with Gasteiger partial charge in [0.15, 0.2) is 0 Å². The average Bonchev–Trinajstić information content (AvgIpc) is 2.76. The van der Waals surface area contributed by atoms with Crippen LogP contribution in [0.3, 0.4) is 0 Å². The molecule has 1 amide bonds. The van der Waals surface area contributed by atoms with Crippen LogP contribution < -0.4 is 11.1 Å². The molecule has 0 aliphatic carbocycles. The molecule has 0 aliphatic rings. The standard InChI is InChI=1S/C10H14N2O4/c1-6(10(14)15-2)12-9(13)7-3-8(4-11)16-5-7/h3,5-6H,4,11H2,1-2H3,(H,12,13)/t6-/m1/s1. The van der Waals surface area contributed by atoms with Crippen LogP contribution in [0.25, 0.3) is 0 Å². The Hall–Kier alpha value is -1.82. The van der Waals surface area contributed by atoms with Crippen LogP contribution in [0.2, 0.25) is 0 Å². The summed E-state index contributed by atoms with van der Waals surface area (Å²) in [5.41, 5.74) is 5.66. The average molecular weight is 226 g/mol. The van der Waals surface area contributed by atoms with Crippen molar-refractivity contribution in [3.8, 4) is 0 Å². The summed E-state index contributed by atoms with van der Waals surface area (Å²) < 4.78 is 9.48. The van der Waals surface area contributed by atoms with E-state index in [0.717, 1.165) is 0 Å². The van der Waals surface area contributed by atoms with E-state index in [4.69, 9.17) is 10.2 Å². The van der Waals surface area contributed by atoms with Crippen molar-refractivity contribution in [2.45, 2.75) is 19.5 Å². The molecule has 0 bridgehead atoms. The number of esters is 1. The molecule has 0 aliphatic heterocycles. The quantitative estimate of drug-likeness (QED) is 0.706. The maximum absolute atomic E-state index is 11.6. The topological polar surface area (TPSA) is 94.6 Å². The number of carbonyl (C=O) groups is 2. The first-order chi connectivity index (χ1) is 7.58.